The van der Waals surface area contributed by atoms with E-state index in [2.05, 4.69) is 4.98 Å². The highest BCUT2D eigenvalue weighted by Gasteiger charge is 2.22. The number of imidazole rings is 1. The highest BCUT2D eigenvalue weighted by atomic mass is 35.5. The van der Waals surface area contributed by atoms with Crippen molar-refractivity contribution in [1.82, 2.24) is 9.55 Å². The number of ether oxygens (including phenoxy) is 2. The van der Waals surface area contributed by atoms with Crippen LogP contribution in [0.2, 0.25) is 5.02 Å². The summed E-state index contributed by atoms with van der Waals surface area (Å²) in [5.41, 5.74) is 1.12. The molecule has 0 radical (unpaired) electrons. The van der Waals surface area contributed by atoms with Crippen LogP contribution < -0.4 is 9.47 Å². The molecule has 7 heteroatoms. The molecule has 0 N–H and O–H groups in total. The second-order valence-corrected chi connectivity index (χ2v) is 5.74. The number of hydrogen-bond acceptors (Lipinski definition) is 5. The molecule has 1 aromatic heterocycles. The van der Waals surface area contributed by atoms with Gasteiger partial charge >= 0.3 is 0 Å². The maximum absolute atomic E-state index is 13.2. The Morgan fingerprint density at radius 1 is 1.15 bits per heavy atom. The van der Waals surface area contributed by atoms with Gasteiger partial charge in [-0.15, -0.1) is 0 Å². The van der Waals surface area contributed by atoms with Crippen molar-refractivity contribution in [1.29, 1.82) is 0 Å². The van der Waals surface area contributed by atoms with Crippen LogP contribution in [-0.2, 0) is 0 Å². The number of aldehydes is 1. The predicted molar refractivity (Wildman–Crippen MR) is 96.9 cm³/mol. The van der Waals surface area contributed by atoms with Crippen molar-refractivity contribution in [2.45, 2.75) is 0 Å². The molecule has 3 aromatic rings. The Kier molecular flexibility index (Phi) is 5.04. The first kappa shape index (κ1) is 17.7. The van der Waals surface area contributed by atoms with Crippen LogP contribution in [0.3, 0.4) is 0 Å². The lowest BCUT2D eigenvalue weighted by atomic mass is 10.00. The zero-order valence-corrected chi connectivity index (χ0v) is 14.9. The molecule has 0 saturated carbocycles. The standard InChI is InChI=1S/C19H15ClN2O4/c1-25-16-5-3-4-13(19(16)26-2)18(24)14-10-12(20)6-7-15(14)22-9-8-21-17(22)11-23/h3-11H,1-2H3. The number of benzene rings is 2. The quantitative estimate of drug-likeness (QED) is 0.490. The molecule has 0 atom stereocenters. The van der Waals surface area contributed by atoms with Gasteiger partial charge in [0.1, 0.15) is 0 Å². The SMILES string of the molecule is COc1cccc(C(=O)c2cc(Cl)ccc2-n2ccnc2C=O)c1OC. The summed E-state index contributed by atoms with van der Waals surface area (Å²) in [4.78, 5) is 28.5. The van der Waals surface area contributed by atoms with Crippen molar-refractivity contribution in [3.05, 3.63) is 70.8 Å². The Bertz CT molecular complexity index is 981. The molecule has 3 rings (SSSR count). The van der Waals surface area contributed by atoms with Gasteiger partial charge in [-0.1, -0.05) is 17.7 Å². The summed E-state index contributed by atoms with van der Waals surface area (Å²) in [7, 11) is 2.96. The molecule has 132 valence electrons. The lowest BCUT2D eigenvalue weighted by Crippen LogP contribution is -2.10. The third-order valence-electron chi connectivity index (χ3n) is 3.89. The third-order valence-corrected chi connectivity index (χ3v) is 4.12. The number of ketones is 1. The highest BCUT2D eigenvalue weighted by Crippen LogP contribution is 2.33. The van der Waals surface area contributed by atoms with E-state index in [1.807, 2.05) is 0 Å². The van der Waals surface area contributed by atoms with Crippen LogP contribution >= 0.6 is 11.6 Å². The minimum atomic E-state index is -0.316. The molecule has 0 spiro atoms. The summed E-state index contributed by atoms with van der Waals surface area (Å²) in [6.07, 6.45) is 3.71. The Morgan fingerprint density at radius 3 is 2.65 bits per heavy atom. The molecule has 6 nitrogen and oxygen atoms in total. The largest absolute Gasteiger partial charge is 0.493 e. The second kappa shape index (κ2) is 7.41. The van der Waals surface area contributed by atoms with E-state index in [1.54, 1.807) is 42.6 Å². The van der Waals surface area contributed by atoms with Gasteiger partial charge in [0.2, 0.25) is 0 Å². The van der Waals surface area contributed by atoms with Crippen molar-refractivity contribution >= 4 is 23.7 Å². The number of rotatable bonds is 6. The summed E-state index contributed by atoms with van der Waals surface area (Å²) in [6.45, 7) is 0. The lowest BCUT2D eigenvalue weighted by Gasteiger charge is -2.15. The van der Waals surface area contributed by atoms with Crippen molar-refractivity contribution in [3.63, 3.8) is 0 Å². The molecule has 26 heavy (non-hydrogen) atoms. The van der Waals surface area contributed by atoms with E-state index in [9.17, 15) is 9.59 Å². The maximum Gasteiger partial charge on any atom is 0.199 e. The topological polar surface area (TPSA) is 70.4 Å². The highest BCUT2D eigenvalue weighted by molar-refractivity contribution is 6.31. The summed E-state index contributed by atoms with van der Waals surface area (Å²) in [5.74, 6) is 0.632. The van der Waals surface area contributed by atoms with E-state index in [0.29, 0.717) is 39.6 Å². The number of carbonyl (C=O) groups excluding carboxylic acids is 2. The monoisotopic (exact) mass is 370 g/mol. The second-order valence-electron chi connectivity index (χ2n) is 5.30. The first-order chi connectivity index (χ1) is 12.6. The van der Waals surface area contributed by atoms with Crippen LogP contribution in [0.5, 0.6) is 11.5 Å². The lowest BCUT2D eigenvalue weighted by molar-refractivity contribution is 0.103. The Morgan fingerprint density at radius 2 is 1.96 bits per heavy atom. The average Bonchev–Trinajstić information content (AvgIpc) is 3.15. The van der Waals surface area contributed by atoms with Gasteiger partial charge in [0.25, 0.3) is 0 Å². The zero-order chi connectivity index (χ0) is 18.7. The average molecular weight is 371 g/mol. The summed E-state index contributed by atoms with van der Waals surface area (Å²) in [6, 6.07) is 9.90. The van der Waals surface area contributed by atoms with Gasteiger partial charge in [-0.3, -0.25) is 14.2 Å². The number of aromatic nitrogens is 2. The minimum Gasteiger partial charge on any atom is -0.493 e. The van der Waals surface area contributed by atoms with Crippen molar-refractivity contribution < 1.29 is 19.1 Å². The van der Waals surface area contributed by atoms with Gasteiger partial charge in [-0.25, -0.2) is 4.98 Å². The molecular formula is C19H15ClN2O4. The Balaban J connectivity index is 2.20. The molecule has 2 aromatic carbocycles. The fourth-order valence-electron chi connectivity index (χ4n) is 2.72. The van der Waals surface area contributed by atoms with Gasteiger partial charge in [-0.2, -0.15) is 0 Å². The van der Waals surface area contributed by atoms with E-state index >= 15 is 0 Å². The Hall–Kier alpha value is -3.12. The molecule has 0 amide bonds. The van der Waals surface area contributed by atoms with Crippen LogP contribution in [0.1, 0.15) is 26.5 Å². The number of hydrogen-bond donors (Lipinski definition) is 0. The van der Waals surface area contributed by atoms with Gasteiger partial charge in [0, 0.05) is 23.0 Å². The van der Waals surface area contributed by atoms with E-state index in [1.165, 1.54) is 25.0 Å². The first-order valence-corrected chi connectivity index (χ1v) is 8.02. The number of para-hydroxylation sites is 1. The number of nitrogens with zero attached hydrogens (tertiary/aromatic N) is 2. The van der Waals surface area contributed by atoms with E-state index < -0.39 is 0 Å². The summed E-state index contributed by atoms with van der Waals surface area (Å²) >= 11 is 6.11. The molecule has 0 aliphatic rings. The van der Waals surface area contributed by atoms with Crippen LogP contribution in [0.4, 0.5) is 0 Å². The fraction of sp³-hybridized carbons (Fsp3) is 0.105. The van der Waals surface area contributed by atoms with Gasteiger partial charge in [0.05, 0.1) is 25.5 Å². The zero-order valence-electron chi connectivity index (χ0n) is 14.1. The molecule has 0 fully saturated rings. The van der Waals surface area contributed by atoms with Crippen LogP contribution in [-0.4, -0.2) is 35.8 Å². The number of carbonyl (C=O) groups is 2. The third kappa shape index (κ3) is 3.07. The van der Waals surface area contributed by atoms with Gasteiger partial charge in [-0.05, 0) is 30.3 Å². The van der Waals surface area contributed by atoms with Crippen LogP contribution in [0.15, 0.2) is 48.8 Å². The van der Waals surface area contributed by atoms with E-state index in [0.717, 1.165) is 0 Å². The summed E-state index contributed by atoms with van der Waals surface area (Å²) in [5, 5.41) is 0.395. The molecule has 0 aliphatic carbocycles. The Labute approximate surface area is 154 Å². The van der Waals surface area contributed by atoms with Crippen LogP contribution in [0, 0.1) is 0 Å². The number of methoxy groups -OCH3 is 2. The van der Waals surface area contributed by atoms with Crippen molar-refractivity contribution in [2.24, 2.45) is 0 Å². The van der Waals surface area contributed by atoms with Gasteiger partial charge < -0.3 is 9.47 Å². The van der Waals surface area contributed by atoms with Crippen LogP contribution in [0.25, 0.3) is 5.69 Å². The van der Waals surface area contributed by atoms with Crippen molar-refractivity contribution in [3.8, 4) is 17.2 Å². The molecule has 0 aliphatic heterocycles. The fourth-order valence-corrected chi connectivity index (χ4v) is 2.89. The van der Waals surface area contributed by atoms with E-state index in [4.69, 9.17) is 21.1 Å². The summed E-state index contributed by atoms with van der Waals surface area (Å²) < 4.78 is 12.2. The minimum absolute atomic E-state index is 0.180. The molecule has 0 unspecified atom stereocenters. The van der Waals surface area contributed by atoms with Crippen molar-refractivity contribution in [2.75, 3.05) is 14.2 Å². The first-order valence-electron chi connectivity index (χ1n) is 7.64. The number of halogens is 1. The molecule has 0 saturated heterocycles. The predicted octanol–water partition coefficient (Wildman–Crippen LogP) is 3.59. The smallest absolute Gasteiger partial charge is 0.199 e. The normalized spacial score (nSPS) is 10.4. The van der Waals surface area contributed by atoms with Gasteiger partial charge in [0.15, 0.2) is 29.4 Å². The maximum atomic E-state index is 13.2. The molecular weight excluding hydrogens is 356 g/mol. The van der Waals surface area contributed by atoms with E-state index in [-0.39, 0.29) is 11.6 Å². The molecule has 1 heterocycles. The molecule has 0 bridgehead atoms.